The quantitative estimate of drug-likeness (QED) is 0.314. The fraction of sp³-hybridized carbons (Fsp3) is 0.571. The summed E-state index contributed by atoms with van der Waals surface area (Å²) < 4.78 is 0.458. The number of halogens is 1. The summed E-state index contributed by atoms with van der Waals surface area (Å²) >= 11 is 3.35. The third-order valence-electron chi connectivity index (χ3n) is 8.47. The minimum atomic E-state index is -0.355. The van der Waals surface area contributed by atoms with Gasteiger partial charge in [-0.1, -0.05) is 18.9 Å². The van der Waals surface area contributed by atoms with Gasteiger partial charge in [0.1, 0.15) is 6.07 Å². The Morgan fingerprint density at radius 3 is 2.53 bits per heavy atom. The molecule has 2 saturated heterocycles. The first-order valence-electron chi connectivity index (χ1n) is 13.7. The number of likely N-dealkylation sites (tertiary alicyclic amines) is 1. The Hall–Kier alpha value is -2.42. The van der Waals surface area contributed by atoms with Gasteiger partial charge in [-0.15, -0.1) is 0 Å². The number of carbonyl (C=O) groups excluding carboxylic acids is 1. The second-order valence-corrected chi connectivity index (χ2v) is 11.7. The van der Waals surface area contributed by atoms with Gasteiger partial charge in [-0.3, -0.25) is 14.6 Å². The van der Waals surface area contributed by atoms with Gasteiger partial charge >= 0.3 is 0 Å². The van der Waals surface area contributed by atoms with Crippen molar-refractivity contribution in [2.45, 2.75) is 57.0 Å². The number of aromatic nitrogens is 2. The summed E-state index contributed by atoms with van der Waals surface area (Å²) in [5, 5.41) is 10.2. The van der Waals surface area contributed by atoms with Crippen molar-refractivity contribution < 1.29 is 4.79 Å². The Morgan fingerprint density at radius 1 is 1.13 bits per heavy atom. The standard InChI is InChI=1S/C28H37BrN8O/c1-34-12-14-36(15-13-34)23-8-10-35(11-9-23)19-22-7-6-21(16-24(22)20-4-2-3-5-20)28(38)37(31)27-25(29)18-32-26(17-30)33-27/h6-7,16,18,20,23H,2-5,8-15,19,31H2,1H3. The molecular formula is C28H37BrN8O. The van der Waals surface area contributed by atoms with Crippen LogP contribution in [0, 0.1) is 11.3 Å². The third kappa shape index (κ3) is 6.08. The summed E-state index contributed by atoms with van der Waals surface area (Å²) in [5.74, 6) is 6.47. The Morgan fingerprint density at radius 2 is 1.84 bits per heavy atom. The summed E-state index contributed by atoms with van der Waals surface area (Å²) in [6.07, 6.45) is 8.66. The third-order valence-corrected chi connectivity index (χ3v) is 9.03. The predicted octanol–water partition coefficient (Wildman–Crippen LogP) is 3.50. The maximum atomic E-state index is 13.4. The normalized spacial score (nSPS) is 20.5. The SMILES string of the molecule is CN1CCN(C2CCN(Cc3ccc(C(=O)N(N)c4nc(C#N)ncc4Br)cc3C3CCCC3)CC2)CC1. The molecule has 2 aliphatic heterocycles. The number of likely N-dealkylation sites (N-methyl/N-ethyl adjacent to an activating group) is 1. The highest BCUT2D eigenvalue weighted by Gasteiger charge is 2.29. The van der Waals surface area contributed by atoms with Gasteiger partial charge in [0, 0.05) is 50.5 Å². The minimum Gasteiger partial charge on any atom is -0.304 e. The number of amides is 1. The Labute approximate surface area is 233 Å². The fourth-order valence-electron chi connectivity index (χ4n) is 6.18. The zero-order valence-corrected chi connectivity index (χ0v) is 23.7. The molecule has 0 radical (unpaired) electrons. The van der Waals surface area contributed by atoms with Crippen LogP contribution in [0.3, 0.4) is 0 Å². The van der Waals surface area contributed by atoms with Crippen LogP contribution in [-0.4, -0.2) is 82.9 Å². The first-order valence-corrected chi connectivity index (χ1v) is 14.5. The smallest absolute Gasteiger partial charge is 0.273 e. The van der Waals surface area contributed by atoms with Gasteiger partial charge in [-0.2, -0.15) is 10.2 Å². The minimum absolute atomic E-state index is 0.0372. The Balaban J connectivity index is 1.30. The number of carbonyl (C=O) groups is 1. The van der Waals surface area contributed by atoms with E-state index >= 15 is 0 Å². The van der Waals surface area contributed by atoms with Crippen molar-refractivity contribution in [3.8, 4) is 6.07 Å². The lowest BCUT2D eigenvalue weighted by atomic mass is 9.90. The van der Waals surface area contributed by atoms with E-state index in [9.17, 15) is 4.79 Å². The number of hydrogen-bond acceptors (Lipinski definition) is 8. The summed E-state index contributed by atoms with van der Waals surface area (Å²) in [5.41, 5.74) is 3.14. The van der Waals surface area contributed by atoms with Gasteiger partial charge in [0.2, 0.25) is 5.82 Å². The number of piperidine rings is 1. The molecule has 3 heterocycles. The van der Waals surface area contributed by atoms with Crippen molar-refractivity contribution >= 4 is 27.7 Å². The summed E-state index contributed by atoms with van der Waals surface area (Å²) in [7, 11) is 2.21. The Bertz CT molecular complexity index is 1180. The van der Waals surface area contributed by atoms with Crippen molar-refractivity contribution in [1.29, 1.82) is 5.26 Å². The zero-order valence-electron chi connectivity index (χ0n) is 22.2. The summed E-state index contributed by atoms with van der Waals surface area (Å²) in [6, 6.07) is 8.65. The molecule has 1 amide bonds. The molecule has 1 aliphatic carbocycles. The molecule has 0 atom stereocenters. The van der Waals surface area contributed by atoms with Gasteiger partial charge in [0.15, 0.2) is 5.82 Å². The average Bonchev–Trinajstić information content (AvgIpc) is 3.49. The highest BCUT2D eigenvalue weighted by Crippen LogP contribution is 2.37. The van der Waals surface area contributed by atoms with Crippen molar-refractivity contribution in [1.82, 2.24) is 24.7 Å². The van der Waals surface area contributed by atoms with Crippen LogP contribution in [0.1, 0.15) is 71.8 Å². The molecule has 5 rings (SSSR count). The number of nitriles is 1. The van der Waals surface area contributed by atoms with E-state index in [1.165, 1.54) is 69.2 Å². The molecule has 1 saturated carbocycles. The molecule has 10 heteroatoms. The second-order valence-electron chi connectivity index (χ2n) is 10.9. The van der Waals surface area contributed by atoms with E-state index < -0.39 is 0 Å². The molecule has 0 bridgehead atoms. The van der Waals surface area contributed by atoms with E-state index in [4.69, 9.17) is 11.1 Å². The van der Waals surface area contributed by atoms with Crippen LogP contribution in [0.5, 0.6) is 0 Å². The van der Waals surface area contributed by atoms with Gasteiger partial charge in [0.25, 0.3) is 5.91 Å². The van der Waals surface area contributed by atoms with Crippen molar-refractivity contribution in [3.05, 3.63) is 51.4 Å². The first-order chi connectivity index (χ1) is 18.4. The molecule has 3 aliphatic rings. The van der Waals surface area contributed by atoms with E-state index in [-0.39, 0.29) is 17.5 Å². The number of benzene rings is 1. The average molecular weight is 582 g/mol. The van der Waals surface area contributed by atoms with Crippen LogP contribution in [-0.2, 0) is 6.54 Å². The first kappa shape index (κ1) is 27.2. The lowest BCUT2D eigenvalue weighted by molar-refractivity contribution is 0.0657. The predicted molar refractivity (Wildman–Crippen MR) is 150 cm³/mol. The molecule has 3 fully saturated rings. The van der Waals surface area contributed by atoms with Gasteiger partial charge in [-0.05, 0) is 90.9 Å². The highest BCUT2D eigenvalue weighted by molar-refractivity contribution is 9.10. The van der Waals surface area contributed by atoms with Crippen LogP contribution in [0.25, 0.3) is 0 Å². The number of rotatable bonds is 6. The van der Waals surface area contributed by atoms with Gasteiger partial charge in [0.05, 0.1) is 4.47 Å². The second kappa shape index (κ2) is 12.2. The molecule has 9 nitrogen and oxygen atoms in total. The number of nitrogens with two attached hydrogens (primary N) is 1. The topological polar surface area (TPSA) is 106 Å². The fourth-order valence-corrected chi connectivity index (χ4v) is 6.56. The van der Waals surface area contributed by atoms with E-state index in [0.717, 1.165) is 37.5 Å². The van der Waals surface area contributed by atoms with Crippen LogP contribution in [0.15, 0.2) is 28.9 Å². The van der Waals surface area contributed by atoms with E-state index in [0.29, 0.717) is 22.0 Å². The van der Waals surface area contributed by atoms with Crippen LogP contribution in [0.2, 0.25) is 0 Å². The van der Waals surface area contributed by atoms with Crippen LogP contribution in [0.4, 0.5) is 5.82 Å². The van der Waals surface area contributed by atoms with Gasteiger partial charge < -0.3 is 4.90 Å². The van der Waals surface area contributed by atoms with Crippen LogP contribution < -0.4 is 10.9 Å². The zero-order chi connectivity index (χ0) is 26.6. The molecule has 1 aromatic carbocycles. The lowest BCUT2D eigenvalue weighted by Crippen LogP contribution is -2.52. The molecule has 202 valence electrons. The van der Waals surface area contributed by atoms with E-state index in [1.807, 2.05) is 18.2 Å². The number of piperazine rings is 1. The van der Waals surface area contributed by atoms with Crippen LogP contribution >= 0.6 is 15.9 Å². The van der Waals surface area contributed by atoms with Crippen molar-refractivity contribution in [2.24, 2.45) is 5.84 Å². The monoisotopic (exact) mass is 580 g/mol. The number of nitrogens with zero attached hydrogens (tertiary/aromatic N) is 7. The maximum absolute atomic E-state index is 13.4. The highest BCUT2D eigenvalue weighted by atomic mass is 79.9. The molecule has 1 aromatic heterocycles. The van der Waals surface area contributed by atoms with E-state index in [2.05, 4.69) is 53.7 Å². The molecular weight excluding hydrogens is 544 g/mol. The van der Waals surface area contributed by atoms with E-state index in [1.54, 1.807) is 0 Å². The van der Waals surface area contributed by atoms with Crippen molar-refractivity contribution in [2.75, 3.05) is 51.3 Å². The molecule has 0 unspecified atom stereocenters. The molecule has 0 spiro atoms. The number of anilines is 1. The Kier molecular flexibility index (Phi) is 8.71. The lowest BCUT2D eigenvalue weighted by Gasteiger charge is -2.42. The number of hydrogen-bond donors (Lipinski definition) is 1. The molecule has 2 aromatic rings. The number of hydrazine groups is 1. The molecule has 2 N–H and O–H groups in total. The van der Waals surface area contributed by atoms with Gasteiger partial charge in [-0.25, -0.2) is 15.8 Å². The summed E-state index contributed by atoms with van der Waals surface area (Å²) in [6.45, 7) is 7.86. The molecule has 38 heavy (non-hydrogen) atoms. The van der Waals surface area contributed by atoms with Crippen molar-refractivity contribution in [3.63, 3.8) is 0 Å². The largest absolute Gasteiger partial charge is 0.304 e. The summed E-state index contributed by atoms with van der Waals surface area (Å²) in [4.78, 5) is 29.1. The maximum Gasteiger partial charge on any atom is 0.273 e.